The second-order valence-corrected chi connectivity index (χ2v) is 9.86. The first kappa shape index (κ1) is 23.3. The molecule has 1 aromatic heterocycles. The van der Waals surface area contributed by atoms with E-state index < -0.39 is 24.4 Å². The van der Waals surface area contributed by atoms with Crippen molar-refractivity contribution in [2.24, 2.45) is 0 Å². The molecule has 1 aliphatic heterocycles. The third-order valence-corrected chi connectivity index (χ3v) is 7.09. The predicted octanol–water partition coefficient (Wildman–Crippen LogP) is 4.36. The van der Waals surface area contributed by atoms with Crippen LogP contribution in [-0.2, 0) is 14.0 Å². The van der Waals surface area contributed by atoms with Gasteiger partial charge in [-0.05, 0) is 61.5 Å². The van der Waals surface area contributed by atoms with Gasteiger partial charge in [0.25, 0.3) is 0 Å². The molecule has 0 radical (unpaired) electrons. The van der Waals surface area contributed by atoms with Gasteiger partial charge in [-0.25, -0.2) is 9.78 Å². The molecule has 0 saturated carbocycles. The van der Waals surface area contributed by atoms with E-state index in [1.165, 1.54) is 28.6 Å². The van der Waals surface area contributed by atoms with Gasteiger partial charge in [-0.1, -0.05) is 48.5 Å². The van der Waals surface area contributed by atoms with E-state index in [2.05, 4.69) is 44.8 Å². The number of rotatable bonds is 6. The molecular weight excluding hydrogens is 443 g/mol. The molecule has 35 heavy (non-hydrogen) atoms. The zero-order chi connectivity index (χ0) is 24.6. The number of alkyl carbamates (subject to hydrolysis) is 1. The average molecular weight is 472 g/mol. The highest BCUT2D eigenvalue weighted by molar-refractivity contribution is 6.55. The van der Waals surface area contributed by atoms with Gasteiger partial charge in [0.05, 0.1) is 11.2 Å². The monoisotopic (exact) mass is 472 g/mol. The predicted molar refractivity (Wildman–Crippen MR) is 134 cm³/mol. The summed E-state index contributed by atoms with van der Waals surface area (Å²) in [6.07, 6.45) is 2.69. The molecule has 9 heteroatoms. The fourth-order valence-corrected chi connectivity index (χ4v) is 4.48. The quantitative estimate of drug-likeness (QED) is 0.518. The molecule has 0 atom stereocenters. The number of nitrogens with one attached hydrogen (secondary N) is 2. The molecule has 5 rings (SSSR count). The zero-order valence-corrected chi connectivity index (χ0v) is 20.4. The summed E-state index contributed by atoms with van der Waals surface area (Å²) in [7, 11) is -0.640. The first-order valence-electron chi connectivity index (χ1n) is 11.8. The van der Waals surface area contributed by atoms with E-state index >= 15 is 0 Å². The molecule has 2 aromatic carbocycles. The maximum atomic E-state index is 12.7. The van der Waals surface area contributed by atoms with Crippen LogP contribution in [0.1, 0.15) is 50.6 Å². The Morgan fingerprint density at radius 2 is 1.66 bits per heavy atom. The summed E-state index contributed by atoms with van der Waals surface area (Å²) in [5.41, 5.74) is 4.40. The number of ether oxygens (including phenoxy) is 1. The number of nitrogens with zero attached hydrogens (tertiary/aromatic N) is 2. The van der Waals surface area contributed by atoms with Crippen LogP contribution in [0, 0.1) is 0 Å². The first-order chi connectivity index (χ1) is 16.7. The number of amides is 1. The molecule has 1 saturated heterocycles. The van der Waals surface area contributed by atoms with Crippen molar-refractivity contribution in [1.82, 2.24) is 20.5 Å². The van der Waals surface area contributed by atoms with Gasteiger partial charge in [0.15, 0.2) is 0 Å². The van der Waals surface area contributed by atoms with Crippen molar-refractivity contribution in [2.45, 2.75) is 44.8 Å². The summed E-state index contributed by atoms with van der Waals surface area (Å²) in [6, 6.07) is 16.5. The van der Waals surface area contributed by atoms with Crippen LogP contribution in [-0.4, -0.2) is 52.7 Å². The van der Waals surface area contributed by atoms with Gasteiger partial charge in [-0.15, -0.1) is 0 Å². The van der Waals surface area contributed by atoms with Crippen LogP contribution >= 0.6 is 0 Å². The number of carbonyl (C=O) groups is 1. The smallest absolute Gasteiger partial charge is 0.449 e. The molecule has 8 nitrogen and oxygen atoms in total. The number of H-pyrrole nitrogens is 1. The maximum absolute atomic E-state index is 12.7. The summed E-state index contributed by atoms with van der Waals surface area (Å²) >= 11 is 0. The number of hydrogen-bond acceptors (Lipinski definition) is 6. The molecule has 180 valence electrons. The molecule has 0 spiro atoms. The summed E-state index contributed by atoms with van der Waals surface area (Å²) in [5.74, 6) is 0.546. The second-order valence-electron chi connectivity index (χ2n) is 9.86. The Balaban J connectivity index is 1.26. The lowest BCUT2D eigenvalue weighted by Crippen LogP contribution is -2.41. The highest BCUT2D eigenvalue weighted by Gasteiger charge is 2.52. The van der Waals surface area contributed by atoms with Crippen molar-refractivity contribution >= 4 is 19.3 Å². The maximum Gasteiger partial charge on any atom is 0.492 e. The fraction of sp³-hybridized carbons (Fsp3) is 0.346. The number of aromatic amines is 1. The van der Waals surface area contributed by atoms with E-state index in [-0.39, 0.29) is 19.1 Å². The van der Waals surface area contributed by atoms with Gasteiger partial charge in [0, 0.05) is 12.5 Å². The standard InChI is InChI=1S/C26H29BN4O4/c1-25(2)26(3,4)35-27(34-25)17(13-23-29-16-30-31-23)14-28-24(32)33-15-22-20-11-7-5-9-18(20)19-10-6-8-12-21(19)22/h5-13,16,22H,14-15H2,1-4H3,(H,28,32)(H,29,30,31). The Bertz CT molecular complexity index is 1190. The van der Waals surface area contributed by atoms with E-state index in [0.29, 0.717) is 11.3 Å². The highest BCUT2D eigenvalue weighted by atomic mass is 16.7. The van der Waals surface area contributed by atoms with Crippen molar-refractivity contribution in [2.75, 3.05) is 13.2 Å². The second kappa shape index (κ2) is 8.98. The lowest BCUT2D eigenvalue weighted by Gasteiger charge is -2.32. The number of benzene rings is 2. The van der Waals surface area contributed by atoms with Crippen molar-refractivity contribution in [3.8, 4) is 11.1 Å². The Morgan fingerprint density at radius 1 is 1.06 bits per heavy atom. The van der Waals surface area contributed by atoms with Crippen LogP contribution in [0.5, 0.6) is 0 Å². The van der Waals surface area contributed by atoms with Crippen LogP contribution in [0.25, 0.3) is 17.2 Å². The summed E-state index contributed by atoms with van der Waals surface area (Å²) in [5, 5.41) is 9.55. The van der Waals surface area contributed by atoms with E-state index in [9.17, 15) is 4.79 Å². The molecule has 0 unspecified atom stereocenters. The fourth-order valence-electron chi connectivity index (χ4n) is 4.48. The van der Waals surface area contributed by atoms with Gasteiger partial charge < -0.3 is 19.4 Å². The topological polar surface area (TPSA) is 98.4 Å². The molecule has 2 aliphatic rings. The van der Waals surface area contributed by atoms with Gasteiger partial charge >= 0.3 is 13.2 Å². The SMILES string of the molecule is CC1(C)OB(C(=Cc2ncn[nH]2)CNC(=O)OCC2c3ccccc3-c3ccccc32)OC1(C)C. The van der Waals surface area contributed by atoms with Crippen molar-refractivity contribution < 1.29 is 18.8 Å². The molecule has 1 fully saturated rings. The van der Waals surface area contributed by atoms with Crippen LogP contribution in [0.2, 0.25) is 0 Å². The van der Waals surface area contributed by atoms with Crippen LogP contribution in [0.4, 0.5) is 4.79 Å². The number of hydrogen-bond donors (Lipinski definition) is 2. The molecule has 2 heterocycles. The molecule has 2 N–H and O–H groups in total. The van der Waals surface area contributed by atoms with Crippen molar-refractivity contribution in [3.63, 3.8) is 0 Å². The van der Waals surface area contributed by atoms with Crippen LogP contribution in [0.15, 0.2) is 60.3 Å². The molecule has 1 amide bonds. The first-order valence-corrected chi connectivity index (χ1v) is 11.8. The van der Waals surface area contributed by atoms with E-state index in [1.807, 2.05) is 52.0 Å². The summed E-state index contributed by atoms with van der Waals surface area (Å²) < 4.78 is 18.0. The van der Waals surface area contributed by atoms with Crippen LogP contribution in [0.3, 0.4) is 0 Å². The lowest BCUT2D eigenvalue weighted by molar-refractivity contribution is 0.00578. The van der Waals surface area contributed by atoms with E-state index in [1.54, 1.807) is 6.08 Å². The van der Waals surface area contributed by atoms with Gasteiger partial charge in [-0.2, -0.15) is 5.10 Å². The van der Waals surface area contributed by atoms with E-state index in [0.717, 1.165) is 0 Å². The van der Waals surface area contributed by atoms with Gasteiger partial charge in [-0.3, -0.25) is 5.10 Å². The normalized spacial score (nSPS) is 18.3. The van der Waals surface area contributed by atoms with Gasteiger partial charge in [0.2, 0.25) is 0 Å². The Morgan fingerprint density at radius 3 is 2.23 bits per heavy atom. The third kappa shape index (κ3) is 4.49. The number of aromatic nitrogens is 3. The van der Waals surface area contributed by atoms with Crippen LogP contribution < -0.4 is 5.32 Å². The minimum Gasteiger partial charge on any atom is -0.449 e. The Kier molecular flexibility index (Phi) is 5.98. The third-order valence-electron chi connectivity index (χ3n) is 7.09. The number of carbonyl (C=O) groups excluding carboxylic acids is 1. The van der Waals surface area contributed by atoms with Gasteiger partial charge in [0.1, 0.15) is 18.8 Å². The lowest BCUT2D eigenvalue weighted by atomic mass is 9.77. The van der Waals surface area contributed by atoms with Crippen molar-refractivity contribution in [3.05, 3.63) is 77.3 Å². The summed E-state index contributed by atoms with van der Waals surface area (Å²) in [4.78, 5) is 16.9. The minimum atomic E-state index is -0.640. The highest BCUT2D eigenvalue weighted by Crippen LogP contribution is 2.44. The largest absolute Gasteiger partial charge is 0.492 e. The average Bonchev–Trinajstić information content (AvgIpc) is 3.50. The molecule has 0 bridgehead atoms. The minimum absolute atomic E-state index is 0.000419. The zero-order valence-electron chi connectivity index (χ0n) is 20.4. The molecule has 3 aromatic rings. The van der Waals surface area contributed by atoms with Crippen molar-refractivity contribution in [1.29, 1.82) is 0 Å². The Hall–Kier alpha value is -3.43. The molecular formula is C26H29BN4O4. The summed E-state index contributed by atoms with van der Waals surface area (Å²) in [6.45, 7) is 8.36. The Labute approximate surface area is 205 Å². The number of fused-ring (bicyclic) bond motifs is 3. The van der Waals surface area contributed by atoms with E-state index in [4.69, 9.17) is 14.0 Å². The molecule has 1 aliphatic carbocycles.